The van der Waals surface area contributed by atoms with E-state index in [1.165, 1.54) is 4.90 Å². The molecule has 1 unspecified atom stereocenters. The molecular formula is C29H33N5O5. The van der Waals surface area contributed by atoms with Crippen molar-refractivity contribution in [3.63, 3.8) is 0 Å². The van der Waals surface area contributed by atoms with Crippen LogP contribution in [0.5, 0.6) is 11.5 Å². The molecule has 2 aliphatic rings. The molecule has 0 saturated carbocycles. The van der Waals surface area contributed by atoms with Gasteiger partial charge in [0, 0.05) is 6.54 Å². The first-order valence-corrected chi connectivity index (χ1v) is 13.2. The summed E-state index contributed by atoms with van der Waals surface area (Å²) in [5.41, 5.74) is 8.95. The van der Waals surface area contributed by atoms with Crippen LogP contribution in [-0.2, 0) is 16.1 Å². The molecule has 39 heavy (non-hydrogen) atoms. The lowest BCUT2D eigenvalue weighted by atomic mass is 10.0. The van der Waals surface area contributed by atoms with Gasteiger partial charge in [0.05, 0.1) is 13.2 Å². The lowest BCUT2D eigenvalue weighted by Gasteiger charge is -2.19. The third-order valence-corrected chi connectivity index (χ3v) is 6.54. The third-order valence-electron chi connectivity index (χ3n) is 6.54. The summed E-state index contributed by atoms with van der Waals surface area (Å²) in [6.07, 6.45) is 1.86. The molecule has 0 spiro atoms. The second-order valence-corrected chi connectivity index (χ2v) is 9.51. The molecule has 204 valence electrons. The number of hydrogen-bond donors (Lipinski definition) is 3. The Morgan fingerprint density at radius 1 is 1.08 bits per heavy atom. The van der Waals surface area contributed by atoms with E-state index in [4.69, 9.17) is 19.9 Å². The van der Waals surface area contributed by atoms with Gasteiger partial charge in [0.2, 0.25) is 0 Å². The number of pyridine rings is 1. The Balaban J connectivity index is 1.10. The first-order valence-electron chi connectivity index (χ1n) is 13.2. The van der Waals surface area contributed by atoms with Crippen molar-refractivity contribution in [3.8, 4) is 22.6 Å². The van der Waals surface area contributed by atoms with Crippen LogP contribution in [0.2, 0.25) is 0 Å². The molecule has 1 fully saturated rings. The molecule has 0 radical (unpaired) electrons. The zero-order valence-electron chi connectivity index (χ0n) is 21.7. The molecular weight excluding hydrogens is 498 g/mol. The molecule has 1 aromatic heterocycles. The molecule has 5 rings (SSSR count). The van der Waals surface area contributed by atoms with E-state index in [0.29, 0.717) is 56.6 Å². The molecule has 0 aliphatic carbocycles. The van der Waals surface area contributed by atoms with Crippen molar-refractivity contribution in [2.45, 2.75) is 31.9 Å². The zero-order valence-corrected chi connectivity index (χ0v) is 21.7. The number of amides is 2. The maximum atomic E-state index is 12.5. The smallest absolute Gasteiger partial charge is 0.415 e. The number of ether oxygens (including phenoxy) is 3. The molecule has 1 atom stereocenters. The quantitative estimate of drug-likeness (QED) is 0.302. The molecule has 10 nitrogen and oxygen atoms in total. The third kappa shape index (κ3) is 6.84. The lowest BCUT2D eigenvalue weighted by molar-refractivity contribution is -0.118. The Hall–Kier alpha value is -4.15. The first kappa shape index (κ1) is 26.5. The summed E-state index contributed by atoms with van der Waals surface area (Å²) in [6.45, 7) is 3.07. The number of fused-ring (bicyclic) bond motifs is 1. The van der Waals surface area contributed by atoms with Gasteiger partial charge in [0.15, 0.2) is 18.2 Å². The second-order valence-electron chi connectivity index (χ2n) is 9.51. The van der Waals surface area contributed by atoms with Crippen molar-refractivity contribution in [1.82, 2.24) is 10.3 Å². The van der Waals surface area contributed by atoms with Gasteiger partial charge in [-0.3, -0.25) is 9.69 Å². The van der Waals surface area contributed by atoms with Crippen molar-refractivity contribution in [2.75, 3.05) is 43.1 Å². The topological polar surface area (TPSA) is 128 Å². The maximum Gasteiger partial charge on any atom is 0.415 e. The van der Waals surface area contributed by atoms with Gasteiger partial charge in [-0.15, -0.1) is 0 Å². The van der Waals surface area contributed by atoms with Crippen LogP contribution in [0.3, 0.4) is 0 Å². The number of carbonyl (C=O) groups excluding carboxylic acids is 2. The van der Waals surface area contributed by atoms with Crippen molar-refractivity contribution in [2.24, 2.45) is 5.73 Å². The van der Waals surface area contributed by atoms with Crippen LogP contribution < -0.4 is 30.7 Å². The van der Waals surface area contributed by atoms with Gasteiger partial charge in [0.25, 0.3) is 5.91 Å². The molecule has 3 aromatic rings. The van der Waals surface area contributed by atoms with Crippen LogP contribution in [-0.4, -0.2) is 55.9 Å². The number of nitrogens with two attached hydrogens (primary N) is 1. The molecule has 3 heterocycles. The Morgan fingerprint density at radius 2 is 1.92 bits per heavy atom. The molecule has 0 bridgehead atoms. The minimum Gasteiger partial charge on any atom is -0.494 e. The van der Waals surface area contributed by atoms with Crippen LogP contribution in [0, 0.1) is 0 Å². The number of hydrogen-bond acceptors (Lipinski definition) is 8. The Labute approximate surface area is 227 Å². The van der Waals surface area contributed by atoms with E-state index in [9.17, 15) is 9.59 Å². The summed E-state index contributed by atoms with van der Waals surface area (Å²) in [5.74, 6) is 1.79. The lowest BCUT2D eigenvalue weighted by Crippen LogP contribution is -2.29. The molecule has 10 heteroatoms. The SMILES string of the molecule is NCCCCOc1cccc(-c2cccc(CNCCC3CN(c4ccc5c(n4)NC(=O)CO5)C(=O)O3)c2)c1. The molecule has 4 N–H and O–H groups in total. The van der Waals surface area contributed by atoms with Gasteiger partial charge in [-0.1, -0.05) is 30.3 Å². The monoisotopic (exact) mass is 531 g/mol. The van der Waals surface area contributed by atoms with E-state index in [-0.39, 0.29) is 18.6 Å². The zero-order chi connectivity index (χ0) is 27.0. The van der Waals surface area contributed by atoms with Gasteiger partial charge in [-0.2, -0.15) is 0 Å². The minimum absolute atomic E-state index is 0.0444. The summed E-state index contributed by atoms with van der Waals surface area (Å²) >= 11 is 0. The molecule has 1 saturated heterocycles. The second kappa shape index (κ2) is 12.6. The number of nitrogens with one attached hydrogen (secondary N) is 2. The highest BCUT2D eigenvalue weighted by atomic mass is 16.6. The largest absolute Gasteiger partial charge is 0.494 e. The van der Waals surface area contributed by atoms with E-state index >= 15 is 0 Å². The Morgan fingerprint density at radius 3 is 2.79 bits per heavy atom. The fraction of sp³-hybridized carbons (Fsp3) is 0.345. The number of carbonyl (C=O) groups is 2. The van der Waals surface area contributed by atoms with Crippen LogP contribution in [0.1, 0.15) is 24.8 Å². The number of cyclic esters (lactones) is 1. The Bertz CT molecular complexity index is 1320. The normalized spacial score (nSPS) is 16.3. The summed E-state index contributed by atoms with van der Waals surface area (Å²) < 4.78 is 16.7. The van der Waals surface area contributed by atoms with Gasteiger partial charge in [0.1, 0.15) is 17.7 Å². The van der Waals surface area contributed by atoms with Crippen LogP contribution in [0.15, 0.2) is 60.7 Å². The highest BCUT2D eigenvalue weighted by Gasteiger charge is 2.33. The maximum absolute atomic E-state index is 12.5. The summed E-state index contributed by atoms with van der Waals surface area (Å²) in [4.78, 5) is 29.9. The average molecular weight is 532 g/mol. The van der Waals surface area contributed by atoms with Gasteiger partial charge < -0.3 is 30.6 Å². The molecule has 2 aromatic carbocycles. The summed E-state index contributed by atoms with van der Waals surface area (Å²) in [7, 11) is 0. The number of benzene rings is 2. The fourth-order valence-electron chi connectivity index (χ4n) is 4.52. The van der Waals surface area contributed by atoms with Crippen molar-refractivity contribution < 1.29 is 23.8 Å². The number of anilines is 2. The van der Waals surface area contributed by atoms with Crippen molar-refractivity contribution in [3.05, 3.63) is 66.2 Å². The average Bonchev–Trinajstić information content (AvgIpc) is 3.33. The molecule has 2 aliphatic heterocycles. The van der Waals surface area contributed by atoms with Gasteiger partial charge >= 0.3 is 6.09 Å². The highest BCUT2D eigenvalue weighted by molar-refractivity contribution is 5.95. The summed E-state index contributed by atoms with van der Waals surface area (Å²) in [6, 6.07) is 19.9. The number of aromatic nitrogens is 1. The van der Waals surface area contributed by atoms with E-state index in [1.54, 1.807) is 12.1 Å². The molecule has 2 amide bonds. The van der Waals surface area contributed by atoms with E-state index in [0.717, 1.165) is 35.3 Å². The van der Waals surface area contributed by atoms with E-state index in [1.807, 2.05) is 12.1 Å². The predicted octanol–water partition coefficient (Wildman–Crippen LogP) is 3.70. The van der Waals surface area contributed by atoms with Gasteiger partial charge in [-0.05, 0) is 79.4 Å². The number of rotatable bonds is 12. The van der Waals surface area contributed by atoms with E-state index < -0.39 is 6.09 Å². The first-order chi connectivity index (χ1) is 19.1. The minimum atomic E-state index is -0.450. The van der Waals surface area contributed by atoms with E-state index in [2.05, 4.69) is 52.0 Å². The number of unbranched alkanes of at least 4 members (excludes halogenated alkanes) is 1. The fourth-order valence-corrected chi connectivity index (χ4v) is 4.52. The summed E-state index contributed by atoms with van der Waals surface area (Å²) in [5, 5.41) is 6.11. The standard InChI is InChI=1S/C29H33N5O5/c30-12-1-2-14-37-23-8-4-7-22(16-23)21-6-3-5-20(15-21)17-31-13-11-24-18-34(29(36)39-24)26-10-9-25-28(32-26)33-27(35)19-38-25/h3-10,15-16,24,31H,1-2,11-14,17-19,30H2,(H,32,33,35). The van der Waals surface area contributed by atoms with Crippen molar-refractivity contribution >= 4 is 23.6 Å². The predicted molar refractivity (Wildman–Crippen MR) is 148 cm³/mol. The number of nitrogens with zero attached hydrogens (tertiary/aromatic N) is 2. The van der Waals surface area contributed by atoms with Crippen LogP contribution >= 0.6 is 0 Å². The Kier molecular flexibility index (Phi) is 8.55. The van der Waals surface area contributed by atoms with Crippen molar-refractivity contribution in [1.29, 1.82) is 0 Å². The van der Waals surface area contributed by atoms with Crippen LogP contribution in [0.4, 0.5) is 16.4 Å². The van der Waals surface area contributed by atoms with Crippen LogP contribution in [0.25, 0.3) is 11.1 Å². The van der Waals surface area contributed by atoms with Gasteiger partial charge in [-0.25, -0.2) is 9.78 Å². The highest BCUT2D eigenvalue weighted by Crippen LogP contribution is 2.30.